The number of hydrogen-bond acceptors (Lipinski definition) is 5. The molecule has 1 fully saturated rings. The van der Waals surface area contributed by atoms with E-state index in [4.69, 9.17) is 9.16 Å². The molecule has 5 nitrogen and oxygen atoms in total. The molecule has 1 aliphatic rings. The summed E-state index contributed by atoms with van der Waals surface area (Å²) in [5.74, 6) is -2.61. The van der Waals surface area contributed by atoms with Crippen LogP contribution in [-0.2, 0) is 15.6 Å². The molecule has 44 heavy (non-hydrogen) atoms. The first-order valence-electron chi connectivity index (χ1n) is 15.6. The third-order valence-electron chi connectivity index (χ3n) is 9.58. The van der Waals surface area contributed by atoms with Gasteiger partial charge >= 0.3 is 0 Å². The number of nitrogens with zero attached hydrogens (tertiary/aromatic N) is 2. The van der Waals surface area contributed by atoms with Gasteiger partial charge in [-0.25, -0.2) is 18.2 Å². The molecular weight excluding hydrogens is 581 g/mol. The normalized spacial score (nSPS) is 21.0. The molecular formula is C35H45F3N2O3Si. The van der Waals surface area contributed by atoms with Gasteiger partial charge in [-0.05, 0) is 76.3 Å². The van der Waals surface area contributed by atoms with E-state index in [1.807, 2.05) is 6.07 Å². The minimum atomic E-state index is -2.09. The highest BCUT2D eigenvalue weighted by molar-refractivity contribution is 6.77. The van der Waals surface area contributed by atoms with E-state index in [0.29, 0.717) is 34.7 Å². The molecule has 0 unspecified atom stereocenters. The molecule has 238 valence electrons. The van der Waals surface area contributed by atoms with Crippen molar-refractivity contribution in [2.24, 2.45) is 11.8 Å². The van der Waals surface area contributed by atoms with E-state index < -0.39 is 42.8 Å². The summed E-state index contributed by atoms with van der Waals surface area (Å²) in [7, 11) is -2.09. The van der Waals surface area contributed by atoms with Gasteiger partial charge in [0.1, 0.15) is 28.8 Å². The van der Waals surface area contributed by atoms with Crippen molar-refractivity contribution in [2.75, 3.05) is 6.61 Å². The maximum absolute atomic E-state index is 14.6. The number of rotatable bonds is 11. The minimum absolute atomic E-state index is 0.0734. The van der Waals surface area contributed by atoms with Crippen LogP contribution in [0.1, 0.15) is 89.5 Å². The van der Waals surface area contributed by atoms with Crippen molar-refractivity contribution in [3.8, 4) is 11.3 Å². The Kier molecular flexibility index (Phi) is 10.9. The predicted octanol–water partition coefficient (Wildman–Crippen LogP) is 9.28. The number of aromatic nitrogens is 2. The van der Waals surface area contributed by atoms with Crippen LogP contribution in [0.25, 0.3) is 11.3 Å². The molecule has 4 rings (SSSR count). The lowest BCUT2D eigenvalue weighted by molar-refractivity contribution is -0.120. The zero-order valence-corrected chi connectivity index (χ0v) is 28.0. The van der Waals surface area contributed by atoms with Gasteiger partial charge in [0.25, 0.3) is 0 Å². The summed E-state index contributed by atoms with van der Waals surface area (Å²) in [6.07, 6.45) is 3.65. The van der Waals surface area contributed by atoms with Crippen LogP contribution in [0.15, 0.2) is 48.8 Å². The number of ether oxygens (including phenoxy) is 1. The molecule has 0 aliphatic carbocycles. The SMILES string of the molecule is CC(C)[Si](OC[C@H]1O[C@@H](c2ccncc2CC(=O)c2ccc(F)c(-c3c(F)cccc3F)n2)C[C@@H](C)[C@@H]1C)(C(C)C)C(C)C. The maximum atomic E-state index is 14.6. The summed E-state index contributed by atoms with van der Waals surface area (Å²) in [4.78, 5) is 21.8. The molecule has 3 heterocycles. The van der Waals surface area contributed by atoms with E-state index in [0.717, 1.165) is 30.2 Å². The fourth-order valence-corrected chi connectivity index (χ4v) is 12.5. The molecule has 1 saturated heterocycles. The van der Waals surface area contributed by atoms with Crippen molar-refractivity contribution in [2.45, 2.75) is 97.1 Å². The average molecular weight is 627 g/mol. The maximum Gasteiger partial charge on any atom is 0.200 e. The Morgan fingerprint density at radius 1 is 0.955 bits per heavy atom. The van der Waals surface area contributed by atoms with Crippen molar-refractivity contribution >= 4 is 14.1 Å². The van der Waals surface area contributed by atoms with Crippen LogP contribution in [0.5, 0.6) is 0 Å². The van der Waals surface area contributed by atoms with Crippen LogP contribution >= 0.6 is 0 Å². The van der Waals surface area contributed by atoms with E-state index >= 15 is 0 Å². The van der Waals surface area contributed by atoms with E-state index in [1.165, 1.54) is 12.1 Å². The molecule has 3 aromatic rings. The van der Waals surface area contributed by atoms with E-state index in [-0.39, 0.29) is 30.2 Å². The van der Waals surface area contributed by atoms with Gasteiger partial charge in [-0.3, -0.25) is 9.78 Å². The molecule has 2 aromatic heterocycles. The molecule has 1 aliphatic heterocycles. The molecule has 0 N–H and O–H groups in total. The highest BCUT2D eigenvalue weighted by Crippen LogP contribution is 2.44. The summed E-state index contributed by atoms with van der Waals surface area (Å²) < 4.78 is 57.2. The quantitative estimate of drug-likeness (QED) is 0.157. The van der Waals surface area contributed by atoms with E-state index in [2.05, 4.69) is 65.4 Å². The average Bonchev–Trinajstić information content (AvgIpc) is 2.96. The summed E-state index contributed by atoms with van der Waals surface area (Å²) in [6.45, 7) is 18.6. The highest BCUT2D eigenvalue weighted by atomic mass is 28.4. The number of Topliss-reactive ketones (excluding diaryl/α,β-unsaturated/α-hetero) is 1. The van der Waals surface area contributed by atoms with Crippen LogP contribution in [0.3, 0.4) is 0 Å². The first kappa shape index (κ1) is 34.0. The second-order valence-corrected chi connectivity index (χ2v) is 18.6. The minimum Gasteiger partial charge on any atom is -0.413 e. The van der Waals surface area contributed by atoms with Gasteiger partial charge in [-0.1, -0.05) is 61.5 Å². The van der Waals surface area contributed by atoms with Crippen molar-refractivity contribution in [3.63, 3.8) is 0 Å². The first-order valence-corrected chi connectivity index (χ1v) is 17.8. The topological polar surface area (TPSA) is 61.3 Å². The Balaban J connectivity index is 1.58. The highest BCUT2D eigenvalue weighted by Gasteiger charge is 2.46. The molecule has 0 amide bonds. The van der Waals surface area contributed by atoms with Crippen molar-refractivity contribution in [1.82, 2.24) is 9.97 Å². The van der Waals surface area contributed by atoms with Crippen LogP contribution in [0, 0.1) is 29.3 Å². The second kappa shape index (κ2) is 14.0. The van der Waals surface area contributed by atoms with Crippen molar-refractivity contribution < 1.29 is 27.1 Å². The number of pyridine rings is 2. The van der Waals surface area contributed by atoms with Crippen molar-refractivity contribution in [1.29, 1.82) is 0 Å². The Morgan fingerprint density at radius 3 is 2.20 bits per heavy atom. The lowest BCUT2D eigenvalue weighted by Gasteiger charge is -2.45. The number of carbonyl (C=O) groups is 1. The number of carbonyl (C=O) groups excluding carboxylic acids is 1. The van der Waals surface area contributed by atoms with Gasteiger partial charge in [0.15, 0.2) is 14.1 Å². The first-order chi connectivity index (χ1) is 20.8. The number of benzene rings is 1. The fraction of sp³-hybridized carbons (Fsp3) is 0.514. The van der Waals surface area contributed by atoms with Gasteiger partial charge in [0, 0.05) is 18.8 Å². The van der Waals surface area contributed by atoms with Crippen molar-refractivity contribution in [3.05, 3.63) is 83.1 Å². The number of halogens is 3. The summed E-state index contributed by atoms with van der Waals surface area (Å²) >= 11 is 0. The monoisotopic (exact) mass is 626 g/mol. The zero-order chi connectivity index (χ0) is 32.3. The Hall–Kier alpha value is -2.88. The summed E-state index contributed by atoms with van der Waals surface area (Å²) in [5, 5.41) is 0. The molecule has 1 aromatic carbocycles. The summed E-state index contributed by atoms with van der Waals surface area (Å²) in [6, 6.07) is 7.36. The lowest BCUT2D eigenvalue weighted by Crippen LogP contribution is -2.50. The molecule has 9 heteroatoms. The summed E-state index contributed by atoms with van der Waals surface area (Å²) in [5.41, 5.74) is 1.68. The largest absolute Gasteiger partial charge is 0.413 e. The van der Waals surface area contributed by atoms with Gasteiger partial charge in [0.2, 0.25) is 0 Å². The molecule has 4 atom stereocenters. The zero-order valence-electron chi connectivity index (χ0n) is 27.0. The molecule has 0 spiro atoms. The van der Waals surface area contributed by atoms with Crippen LogP contribution in [-0.4, -0.2) is 36.8 Å². The van der Waals surface area contributed by atoms with E-state index in [1.54, 1.807) is 12.4 Å². The molecule has 0 radical (unpaired) electrons. The Morgan fingerprint density at radius 2 is 1.59 bits per heavy atom. The van der Waals surface area contributed by atoms with E-state index in [9.17, 15) is 18.0 Å². The Labute approximate surface area is 260 Å². The third kappa shape index (κ3) is 6.85. The van der Waals surface area contributed by atoms with Crippen LogP contribution in [0.4, 0.5) is 13.2 Å². The third-order valence-corrected chi connectivity index (χ3v) is 15.7. The standard InChI is InChI=1S/C35H45F3N2O3Si/c1-20(2)44(21(3)4,22(5)6)42-19-33-24(8)23(7)16-32(43-33)26-14-15-39-18-25(26)17-31(41)30-13-12-29(38)35(40-30)34-27(36)10-9-11-28(34)37/h9-15,18,20-24,32-33H,16-17,19H2,1-8H3/t23-,24+,32-,33-/m1/s1. The molecule has 0 bridgehead atoms. The van der Waals surface area contributed by atoms with Gasteiger partial charge in [0.05, 0.1) is 24.4 Å². The lowest BCUT2D eigenvalue weighted by atomic mass is 9.81. The van der Waals surface area contributed by atoms with Crippen LogP contribution in [0.2, 0.25) is 16.6 Å². The smallest absolute Gasteiger partial charge is 0.200 e. The fourth-order valence-electron chi connectivity index (χ4n) is 7.09. The van der Waals surface area contributed by atoms with Gasteiger partial charge < -0.3 is 9.16 Å². The predicted molar refractivity (Wildman–Crippen MR) is 169 cm³/mol. The number of ketones is 1. The van der Waals surface area contributed by atoms with Crippen LogP contribution < -0.4 is 0 Å². The molecule has 0 saturated carbocycles. The van der Waals surface area contributed by atoms with Gasteiger partial charge in [-0.15, -0.1) is 0 Å². The Bertz CT molecular complexity index is 1420. The van der Waals surface area contributed by atoms with Gasteiger partial charge in [-0.2, -0.15) is 0 Å². The number of hydrogen-bond donors (Lipinski definition) is 0. The second-order valence-electron chi connectivity index (χ2n) is 13.2.